The van der Waals surface area contributed by atoms with Crippen molar-refractivity contribution in [3.8, 4) is 0 Å². The van der Waals surface area contributed by atoms with Crippen molar-refractivity contribution in [3.63, 3.8) is 0 Å². The van der Waals surface area contributed by atoms with Gasteiger partial charge >= 0.3 is 5.97 Å². The smallest absolute Gasteiger partial charge is 0.338 e. The van der Waals surface area contributed by atoms with Crippen LogP contribution in [0, 0.1) is 5.82 Å². The van der Waals surface area contributed by atoms with Crippen LogP contribution in [-0.4, -0.2) is 44.3 Å². The number of anilines is 1. The number of amides is 1. The minimum absolute atomic E-state index is 0.00127. The van der Waals surface area contributed by atoms with Crippen molar-refractivity contribution in [1.29, 1.82) is 0 Å². The van der Waals surface area contributed by atoms with Crippen molar-refractivity contribution in [2.24, 2.45) is 0 Å². The first kappa shape index (κ1) is 23.2. The van der Waals surface area contributed by atoms with E-state index >= 15 is 0 Å². The van der Waals surface area contributed by atoms with E-state index in [4.69, 9.17) is 16.3 Å². The van der Waals surface area contributed by atoms with Gasteiger partial charge in [-0.1, -0.05) is 30.5 Å². The lowest BCUT2D eigenvalue weighted by atomic mass is 10.2. The monoisotopic (exact) mass is 468 g/mol. The van der Waals surface area contributed by atoms with Crippen LogP contribution in [0.15, 0.2) is 47.4 Å². The summed E-state index contributed by atoms with van der Waals surface area (Å²) in [5, 5.41) is 2.45. The average Bonchev–Trinajstić information content (AvgIpc) is 3.04. The summed E-state index contributed by atoms with van der Waals surface area (Å²) in [5.41, 5.74) is -0.0997. The standard InChI is InChI=1S/C21H22ClFN2O5S/c22-16-8-9-19(18(23)13-16)24-20(26)14-30-21(27)15-6-5-7-17(12-15)31(28,29)25-10-3-1-2-4-11-25/h5-9,12-13H,1-4,10-11,14H2,(H,24,26). The lowest BCUT2D eigenvalue weighted by Gasteiger charge is -2.20. The molecule has 1 aliphatic rings. The summed E-state index contributed by atoms with van der Waals surface area (Å²) < 4.78 is 45.9. The molecule has 10 heteroatoms. The second-order valence-corrected chi connectivity index (χ2v) is 9.47. The molecule has 7 nitrogen and oxygen atoms in total. The number of ether oxygens (including phenoxy) is 1. The number of carbonyl (C=O) groups excluding carboxylic acids is 2. The number of benzene rings is 2. The zero-order valence-corrected chi connectivity index (χ0v) is 18.2. The topological polar surface area (TPSA) is 92.8 Å². The molecule has 1 N–H and O–H groups in total. The molecule has 0 atom stereocenters. The Hall–Kier alpha value is -2.49. The summed E-state index contributed by atoms with van der Waals surface area (Å²) in [6.45, 7) is 0.223. The van der Waals surface area contributed by atoms with Gasteiger partial charge in [-0.3, -0.25) is 4.79 Å². The Bertz CT molecular complexity index is 1070. The summed E-state index contributed by atoms with van der Waals surface area (Å²) >= 11 is 5.66. The molecule has 0 saturated carbocycles. The zero-order chi connectivity index (χ0) is 22.4. The highest BCUT2D eigenvalue weighted by atomic mass is 35.5. The number of rotatable bonds is 6. The largest absolute Gasteiger partial charge is 0.452 e. The fourth-order valence-electron chi connectivity index (χ4n) is 3.21. The van der Waals surface area contributed by atoms with E-state index < -0.39 is 34.3 Å². The molecule has 2 aromatic carbocycles. The lowest BCUT2D eigenvalue weighted by Crippen LogP contribution is -2.32. The maximum Gasteiger partial charge on any atom is 0.338 e. The normalized spacial score (nSPS) is 15.2. The van der Waals surface area contributed by atoms with Gasteiger partial charge in [0.15, 0.2) is 6.61 Å². The lowest BCUT2D eigenvalue weighted by molar-refractivity contribution is -0.119. The fraction of sp³-hybridized carbons (Fsp3) is 0.333. The van der Waals surface area contributed by atoms with Crippen LogP contribution in [0.5, 0.6) is 0 Å². The maximum atomic E-state index is 13.7. The zero-order valence-electron chi connectivity index (χ0n) is 16.6. The fourth-order valence-corrected chi connectivity index (χ4v) is 4.93. The Morgan fingerprint density at radius 3 is 2.45 bits per heavy atom. The van der Waals surface area contributed by atoms with Crippen molar-refractivity contribution >= 4 is 39.2 Å². The first-order valence-electron chi connectivity index (χ1n) is 9.79. The van der Waals surface area contributed by atoms with E-state index in [1.165, 1.54) is 40.7 Å². The van der Waals surface area contributed by atoms with Gasteiger partial charge in [0.1, 0.15) is 5.82 Å². The van der Waals surface area contributed by atoms with Gasteiger partial charge in [0.25, 0.3) is 5.91 Å². The van der Waals surface area contributed by atoms with Crippen LogP contribution in [0.3, 0.4) is 0 Å². The third kappa shape index (κ3) is 6.03. The van der Waals surface area contributed by atoms with Crippen LogP contribution in [0.25, 0.3) is 0 Å². The molecule has 166 valence electrons. The maximum absolute atomic E-state index is 13.7. The molecular weight excluding hydrogens is 447 g/mol. The van der Waals surface area contributed by atoms with Gasteiger partial charge in [0.05, 0.1) is 16.1 Å². The van der Waals surface area contributed by atoms with Gasteiger partial charge in [-0.2, -0.15) is 4.31 Å². The SMILES string of the molecule is O=C(COC(=O)c1cccc(S(=O)(=O)N2CCCCCC2)c1)Nc1ccc(Cl)cc1F. The van der Waals surface area contributed by atoms with Crippen LogP contribution >= 0.6 is 11.6 Å². The van der Waals surface area contributed by atoms with Gasteiger partial charge in [-0.15, -0.1) is 0 Å². The van der Waals surface area contributed by atoms with E-state index in [0.29, 0.717) is 13.1 Å². The number of halogens is 2. The molecule has 0 aromatic heterocycles. The molecule has 0 spiro atoms. The molecule has 31 heavy (non-hydrogen) atoms. The van der Waals surface area contributed by atoms with Gasteiger partial charge in [-0.25, -0.2) is 17.6 Å². The molecule has 1 aliphatic heterocycles. The quantitative estimate of drug-likeness (QED) is 0.650. The van der Waals surface area contributed by atoms with E-state index in [1.807, 2.05) is 0 Å². The molecular formula is C21H22ClFN2O5S. The highest BCUT2D eigenvalue weighted by Crippen LogP contribution is 2.22. The van der Waals surface area contributed by atoms with Gasteiger partial charge in [0.2, 0.25) is 10.0 Å². The van der Waals surface area contributed by atoms with Crippen molar-refractivity contribution in [2.45, 2.75) is 30.6 Å². The highest BCUT2D eigenvalue weighted by Gasteiger charge is 2.26. The molecule has 0 aliphatic carbocycles. The van der Waals surface area contributed by atoms with Gasteiger partial charge in [0, 0.05) is 18.1 Å². The molecule has 0 bridgehead atoms. The number of hydrogen-bond acceptors (Lipinski definition) is 5. The average molecular weight is 469 g/mol. The Morgan fingerprint density at radius 2 is 1.77 bits per heavy atom. The summed E-state index contributed by atoms with van der Waals surface area (Å²) in [6.07, 6.45) is 3.56. The second kappa shape index (κ2) is 10.2. The van der Waals surface area contributed by atoms with E-state index in [-0.39, 0.29) is 21.2 Å². The van der Waals surface area contributed by atoms with Crippen molar-refractivity contribution < 1.29 is 27.1 Å². The van der Waals surface area contributed by atoms with E-state index in [0.717, 1.165) is 31.7 Å². The molecule has 1 heterocycles. The predicted molar refractivity (Wildman–Crippen MR) is 114 cm³/mol. The van der Waals surface area contributed by atoms with Gasteiger partial charge in [-0.05, 0) is 49.2 Å². The molecule has 0 radical (unpaired) electrons. The Balaban J connectivity index is 1.63. The van der Waals surface area contributed by atoms with Crippen LogP contribution < -0.4 is 5.32 Å². The molecule has 3 rings (SSSR count). The van der Waals surface area contributed by atoms with E-state index in [1.54, 1.807) is 0 Å². The third-order valence-electron chi connectivity index (χ3n) is 4.81. The second-order valence-electron chi connectivity index (χ2n) is 7.09. The van der Waals surface area contributed by atoms with E-state index in [2.05, 4.69) is 5.32 Å². The number of sulfonamides is 1. The first-order chi connectivity index (χ1) is 14.8. The summed E-state index contributed by atoms with van der Waals surface area (Å²) in [6, 6.07) is 9.24. The number of hydrogen-bond donors (Lipinski definition) is 1. The number of nitrogens with one attached hydrogen (secondary N) is 1. The molecule has 1 amide bonds. The Labute approximate surface area is 185 Å². The van der Waals surface area contributed by atoms with E-state index in [9.17, 15) is 22.4 Å². The summed E-state index contributed by atoms with van der Waals surface area (Å²) in [4.78, 5) is 24.3. The third-order valence-corrected chi connectivity index (χ3v) is 6.94. The number of nitrogens with zero attached hydrogens (tertiary/aromatic N) is 1. The van der Waals surface area contributed by atoms with Crippen LogP contribution in [0.2, 0.25) is 5.02 Å². The van der Waals surface area contributed by atoms with Crippen molar-refractivity contribution in [2.75, 3.05) is 25.0 Å². The predicted octanol–water partition coefficient (Wildman–Crippen LogP) is 3.84. The minimum Gasteiger partial charge on any atom is -0.452 e. The molecule has 2 aromatic rings. The number of carbonyl (C=O) groups is 2. The number of esters is 1. The summed E-state index contributed by atoms with van der Waals surface area (Å²) in [7, 11) is -3.73. The Kier molecular flexibility index (Phi) is 7.64. The van der Waals surface area contributed by atoms with Crippen molar-refractivity contribution in [3.05, 3.63) is 58.9 Å². The molecule has 1 saturated heterocycles. The highest BCUT2D eigenvalue weighted by molar-refractivity contribution is 7.89. The van der Waals surface area contributed by atoms with Crippen LogP contribution in [0.1, 0.15) is 36.0 Å². The summed E-state index contributed by atoms with van der Waals surface area (Å²) in [5.74, 6) is -2.33. The van der Waals surface area contributed by atoms with Crippen LogP contribution in [-0.2, 0) is 19.6 Å². The van der Waals surface area contributed by atoms with Crippen molar-refractivity contribution in [1.82, 2.24) is 4.31 Å². The molecule has 0 unspecified atom stereocenters. The Morgan fingerprint density at radius 1 is 1.06 bits per heavy atom. The van der Waals surface area contributed by atoms with Crippen LogP contribution in [0.4, 0.5) is 10.1 Å². The molecule has 1 fully saturated rings. The minimum atomic E-state index is -3.73. The first-order valence-corrected chi connectivity index (χ1v) is 11.6. The van der Waals surface area contributed by atoms with Gasteiger partial charge < -0.3 is 10.1 Å².